The SMILES string of the molecule is O=C(CN(C(=O)c1ccc([N+](=O)[O-])cc1)N1C(=O)[C@H]2C[C@H](Br)[C@@H](Br)C[C@H]2C1=O)c1ccc(OC(=O)c2ccc(Cl)cc2Cl)cc1. The van der Waals surface area contributed by atoms with E-state index in [1.165, 1.54) is 54.6 Å². The molecular formula is C30H21Br2Cl2N3O8. The summed E-state index contributed by atoms with van der Waals surface area (Å²) in [5.41, 5.74) is -0.152. The van der Waals surface area contributed by atoms with Crippen LogP contribution < -0.4 is 4.74 Å². The van der Waals surface area contributed by atoms with E-state index in [9.17, 15) is 34.1 Å². The second-order valence-corrected chi connectivity index (χ2v) is 13.5. The first kappa shape index (κ1) is 32.7. The summed E-state index contributed by atoms with van der Waals surface area (Å²) in [4.78, 5) is 77.2. The van der Waals surface area contributed by atoms with E-state index in [1.807, 2.05) is 0 Å². The van der Waals surface area contributed by atoms with Gasteiger partial charge in [0.2, 0.25) is 0 Å². The number of nitro groups is 1. The minimum atomic E-state index is -0.866. The molecule has 0 bridgehead atoms. The van der Waals surface area contributed by atoms with Gasteiger partial charge in [-0.15, -0.1) is 0 Å². The molecule has 3 amide bonds. The Labute approximate surface area is 282 Å². The van der Waals surface area contributed by atoms with Crippen molar-refractivity contribution in [2.24, 2.45) is 11.8 Å². The molecule has 3 aromatic rings. The highest BCUT2D eigenvalue weighted by Gasteiger charge is 2.54. The van der Waals surface area contributed by atoms with Gasteiger partial charge in [0.05, 0.1) is 27.3 Å². The topological polar surface area (TPSA) is 144 Å². The lowest BCUT2D eigenvalue weighted by molar-refractivity contribution is -0.384. The fourth-order valence-electron chi connectivity index (χ4n) is 5.18. The minimum absolute atomic E-state index is 0.0660. The first-order valence-electron chi connectivity index (χ1n) is 13.4. The highest BCUT2D eigenvalue weighted by molar-refractivity contribution is 9.12. The molecule has 15 heteroatoms. The highest BCUT2D eigenvalue weighted by atomic mass is 79.9. The van der Waals surface area contributed by atoms with Crippen LogP contribution in [0.2, 0.25) is 10.0 Å². The van der Waals surface area contributed by atoms with E-state index in [-0.39, 0.29) is 42.8 Å². The number of hydrogen-bond donors (Lipinski definition) is 0. The molecule has 0 aromatic heterocycles. The molecule has 3 aromatic carbocycles. The molecule has 45 heavy (non-hydrogen) atoms. The van der Waals surface area contributed by atoms with Crippen LogP contribution in [0, 0.1) is 22.0 Å². The maximum absolute atomic E-state index is 13.7. The van der Waals surface area contributed by atoms with E-state index in [1.54, 1.807) is 0 Å². The van der Waals surface area contributed by atoms with E-state index in [4.69, 9.17) is 27.9 Å². The zero-order valence-electron chi connectivity index (χ0n) is 22.9. The van der Waals surface area contributed by atoms with Gasteiger partial charge in [-0.25, -0.2) is 9.80 Å². The molecule has 0 N–H and O–H groups in total. The number of rotatable bonds is 8. The van der Waals surface area contributed by atoms with Gasteiger partial charge in [0.25, 0.3) is 23.4 Å². The molecule has 0 radical (unpaired) electrons. The number of halogens is 4. The van der Waals surface area contributed by atoms with Crippen LogP contribution >= 0.6 is 55.1 Å². The summed E-state index contributed by atoms with van der Waals surface area (Å²) in [6.45, 7) is -0.693. The standard InChI is InChI=1S/C30H21Br2Cl2N3O8/c31-23-12-21-22(13-24(23)32)29(41)36(28(21)40)35(27(39)16-1-6-18(7-2-16)37(43)44)14-26(38)15-3-8-19(9-4-15)45-30(42)20-10-5-17(33)11-25(20)34/h1-11,21-24H,12-14H2/t21-,22+,23-,24-/m0/s1. The third-order valence-electron chi connectivity index (χ3n) is 7.52. The number of carbonyl (C=O) groups excluding carboxylic acids is 5. The van der Waals surface area contributed by atoms with Gasteiger partial charge in [-0.2, -0.15) is 5.01 Å². The molecule has 11 nitrogen and oxygen atoms in total. The predicted octanol–water partition coefficient (Wildman–Crippen LogP) is 6.28. The van der Waals surface area contributed by atoms with Gasteiger partial charge in [0.1, 0.15) is 12.3 Å². The van der Waals surface area contributed by atoms with Crippen LogP contribution in [-0.2, 0) is 9.59 Å². The number of Topliss-reactive ketones (excluding diaryl/α,β-unsaturated/α-hetero) is 1. The molecule has 1 saturated heterocycles. The summed E-state index contributed by atoms with van der Waals surface area (Å²) < 4.78 is 5.34. The first-order valence-corrected chi connectivity index (χ1v) is 16.0. The molecule has 5 rings (SSSR count). The van der Waals surface area contributed by atoms with Crippen molar-refractivity contribution in [1.29, 1.82) is 0 Å². The van der Waals surface area contributed by atoms with Crippen LogP contribution in [0.5, 0.6) is 5.75 Å². The maximum Gasteiger partial charge on any atom is 0.345 e. The van der Waals surface area contributed by atoms with E-state index < -0.39 is 52.8 Å². The number of non-ortho nitro benzene ring substituents is 1. The Morgan fingerprint density at radius 1 is 0.889 bits per heavy atom. The number of imide groups is 1. The second kappa shape index (κ2) is 13.4. The van der Waals surface area contributed by atoms with E-state index >= 15 is 0 Å². The summed E-state index contributed by atoms with van der Waals surface area (Å²) in [6.07, 6.45) is 0.688. The predicted molar refractivity (Wildman–Crippen MR) is 170 cm³/mol. The van der Waals surface area contributed by atoms with Crippen LogP contribution in [0.3, 0.4) is 0 Å². The van der Waals surface area contributed by atoms with Crippen molar-refractivity contribution in [3.8, 4) is 5.75 Å². The summed E-state index contributed by atoms with van der Waals surface area (Å²) in [5, 5.41) is 13.1. The third kappa shape index (κ3) is 6.81. The molecule has 1 aliphatic carbocycles. The number of benzene rings is 3. The molecule has 1 aliphatic heterocycles. The Balaban J connectivity index is 1.39. The summed E-state index contributed by atoms with van der Waals surface area (Å²) in [7, 11) is 0. The number of fused-ring (bicyclic) bond motifs is 1. The number of carbonyl (C=O) groups is 5. The molecule has 2 fully saturated rings. The van der Waals surface area contributed by atoms with Crippen molar-refractivity contribution >= 4 is 90.2 Å². The van der Waals surface area contributed by atoms with Crippen molar-refractivity contribution in [2.45, 2.75) is 22.5 Å². The molecular weight excluding hydrogens is 761 g/mol. The van der Waals surface area contributed by atoms with Gasteiger partial charge >= 0.3 is 5.97 Å². The van der Waals surface area contributed by atoms with E-state index in [0.717, 1.165) is 22.2 Å². The van der Waals surface area contributed by atoms with Gasteiger partial charge in [-0.1, -0.05) is 55.1 Å². The van der Waals surface area contributed by atoms with Gasteiger partial charge in [-0.3, -0.25) is 29.3 Å². The number of ketones is 1. The fourth-order valence-corrected chi connectivity index (χ4v) is 6.90. The number of hydrazine groups is 1. The number of amides is 3. The Morgan fingerprint density at radius 2 is 1.44 bits per heavy atom. The number of hydrogen-bond acceptors (Lipinski definition) is 8. The number of esters is 1. The van der Waals surface area contributed by atoms with Crippen LogP contribution in [-0.4, -0.2) is 60.6 Å². The molecule has 2 aliphatic rings. The van der Waals surface area contributed by atoms with Crippen molar-refractivity contribution in [2.75, 3.05) is 6.54 Å². The molecule has 232 valence electrons. The summed E-state index contributed by atoms with van der Waals surface area (Å²) in [6, 6.07) is 14.4. The van der Waals surface area contributed by atoms with Gasteiger partial charge in [0, 0.05) is 37.9 Å². The highest BCUT2D eigenvalue weighted by Crippen LogP contribution is 2.43. The van der Waals surface area contributed by atoms with E-state index in [0.29, 0.717) is 17.9 Å². The maximum atomic E-state index is 13.7. The zero-order valence-corrected chi connectivity index (χ0v) is 27.6. The van der Waals surface area contributed by atoms with Crippen molar-refractivity contribution in [1.82, 2.24) is 10.0 Å². The van der Waals surface area contributed by atoms with Crippen LogP contribution in [0.4, 0.5) is 5.69 Å². The Hall–Kier alpha value is -3.65. The minimum Gasteiger partial charge on any atom is -0.423 e. The third-order valence-corrected chi connectivity index (χ3v) is 10.8. The number of alkyl halides is 2. The summed E-state index contributed by atoms with van der Waals surface area (Å²) >= 11 is 19.0. The lowest BCUT2D eigenvalue weighted by Crippen LogP contribution is -2.52. The fraction of sp³-hybridized carbons (Fsp3) is 0.233. The largest absolute Gasteiger partial charge is 0.423 e. The Kier molecular flexibility index (Phi) is 9.73. The Morgan fingerprint density at radius 3 is 1.98 bits per heavy atom. The number of nitro benzene ring substituents is 1. The lowest BCUT2D eigenvalue weighted by atomic mass is 9.81. The molecule has 1 heterocycles. The second-order valence-electron chi connectivity index (χ2n) is 10.3. The quantitative estimate of drug-likeness (QED) is 0.0494. The van der Waals surface area contributed by atoms with Crippen LogP contribution in [0.25, 0.3) is 0 Å². The normalized spacial score (nSPS) is 20.8. The number of ether oxygens (including phenoxy) is 1. The molecule has 4 atom stereocenters. The summed E-state index contributed by atoms with van der Waals surface area (Å²) in [5.74, 6) is -4.75. The van der Waals surface area contributed by atoms with Gasteiger partial charge < -0.3 is 4.74 Å². The van der Waals surface area contributed by atoms with E-state index in [2.05, 4.69) is 31.9 Å². The zero-order chi connectivity index (χ0) is 32.6. The average molecular weight is 782 g/mol. The molecule has 0 unspecified atom stereocenters. The smallest absolute Gasteiger partial charge is 0.345 e. The van der Waals surface area contributed by atoms with Crippen LogP contribution in [0.1, 0.15) is 43.9 Å². The molecule has 0 spiro atoms. The van der Waals surface area contributed by atoms with Crippen molar-refractivity contribution < 1.29 is 33.6 Å². The Bertz CT molecular complexity index is 1690. The van der Waals surface area contributed by atoms with Crippen molar-refractivity contribution in [3.05, 3.63) is 104 Å². The van der Waals surface area contributed by atoms with Gasteiger partial charge in [0.15, 0.2) is 5.78 Å². The lowest BCUT2D eigenvalue weighted by Gasteiger charge is -2.30. The number of nitrogens with zero attached hydrogens (tertiary/aromatic N) is 3. The van der Waals surface area contributed by atoms with Crippen molar-refractivity contribution in [3.63, 3.8) is 0 Å². The van der Waals surface area contributed by atoms with Crippen LogP contribution in [0.15, 0.2) is 66.7 Å². The average Bonchev–Trinajstić information content (AvgIpc) is 3.24. The van der Waals surface area contributed by atoms with Gasteiger partial charge in [-0.05, 0) is 67.4 Å². The monoisotopic (exact) mass is 779 g/mol. The first-order chi connectivity index (χ1) is 21.3. The molecule has 1 saturated carbocycles.